The predicted molar refractivity (Wildman–Crippen MR) is 90.9 cm³/mol. The van der Waals surface area contributed by atoms with E-state index in [4.69, 9.17) is 9.47 Å². The minimum absolute atomic E-state index is 0.423. The van der Waals surface area contributed by atoms with Gasteiger partial charge in [0.05, 0.1) is 19.8 Å². The van der Waals surface area contributed by atoms with Crippen molar-refractivity contribution < 1.29 is 9.47 Å². The first-order valence-corrected chi connectivity index (χ1v) is 8.36. The van der Waals surface area contributed by atoms with E-state index in [2.05, 4.69) is 39.6 Å². The van der Waals surface area contributed by atoms with Crippen LogP contribution in [0, 0.1) is 0 Å². The zero-order chi connectivity index (χ0) is 15.9. The summed E-state index contributed by atoms with van der Waals surface area (Å²) in [5.74, 6) is 1.81. The van der Waals surface area contributed by atoms with E-state index < -0.39 is 0 Å². The summed E-state index contributed by atoms with van der Waals surface area (Å²) in [6.07, 6.45) is 0. The number of hydrogen-bond acceptors (Lipinski definition) is 6. The van der Waals surface area contributed by atoms with Gasteiger partial charge in [-0.15, -0.1) is 0 Å². The number of rotatable bonds is 6. The summed E-state index contributed by atoms with van der Waals surface area (Å²) in [6, 6.07) is 8.66. The molecule has 3 rings (SSSR count). The Morgan fingerprint density at radius 2 is 2.26 bits per heavy atom. The van der Waals surface area contributed by atoms with E-state index in [1.807, 2.05) is 12.1 Å². The molecule has 126 valence electrons. The molecule has 1 fully saturated rings. The summed E-state index contributed by atoms with van der Waals surface area (Å²) in [5.41, 5.74) is 1.19. The van der Waals surface area contributed by atoms with Crippen LogP contribution in [0.2, 0.25) is 0 Å². The average molecular weight is 318 g/mol. The Morgan fingerprint density at radius 1 is 1.39 bits per heavy atom. The van der Waals surface area contributed by atoms with E-state index >= 15 is 0 Å². The quantitative estimate of drug-likeness (QED) is 0.814. The first kappa shape index (κ1) is 16.1. The zero-order valence-electron chi connectivity index (χ0n) is 13.8. The molecule has 1 saturated heterocycles. The minimum Gasteiger partial charge on any atom is -0.492 e. The monoisotopic (exact) mass is 318 g/mol. The Morgan fingerprint density at radius 3 is 3.04 bits per heavy atom. The van der Waals surface area contributed by atoms with E-state index in [9.17, 15) is 0 Å². The smallest absolute Gasteiger partial charge is 0.191 e. The molecule has 2 N–H and O–H groups in total. The predicted octanol–water partition coefficient (Wildman–Crippen LogP) is 0.835. The lowest BCUT2D eigenvalue weighted by molar-refractivity contribution is 0.0322. The highest BCUT2D eigenvalue weighted by Gasteiger charge is 2.12. The highest BCUT2D eigenvalue weighted by Crippen LogP contribution is 2.13. The molecule has 2 heterocycles. The van der Waals surface area contributed by atoms with Crippen molar-refractivity contribution >= 4 is 5.96 Å². The lowest BCUT2D eigenvalue weighted by atomic mass is 10.2. The third kappa shape index (κ3) is 5.11. The van der Waals surface area contributed by atoms with Crippen molar-refractivity contribution in [2.45, 2.75) is 19.5 Å². The number of morpholine rings is 1. The maximum absolute atomic E-state index is 5.88. The number of ether oxygens (including phenoxy) is 2. The molecule has 0 aromatic heterocycles. The largest absolute Gasteiger partial charge is 0.492 e. The molecule has 2 aliphatic rings. The van der Waals surface area contributed by atoms with Gasteiger partial charge in [-0.05, 0) is 24.6 Å². The molecule has 23 heavy (non-hydrogen) atoms. The number of benzene rings is 1. The number of nitrogens with one attached hydrogen (secondary N) is 2. The molecule has 0 aliphatic carbocycles. The maximum Gasteiger partial charge on any atom is 0.191 e. The summed E-state index contributed by atoms with van der Waals surface area (Å²) >= 11 is 0. The molecule has 0 radical (unpaired) electrons. The molecule has 0 bridgehead atoms. The van der Waals surface area contributed by atoms with Crippen molar-refractivity contribution in [1.29, 1.82) is 0 Å². The van der Waals surface area contributed by atoms with Gasteiger partial charge in [0.25, 0.3) is 0 Å². The van der Waals surface area contributed by atoms with Crippen molar-refractivity contribution in [3.05, 3.63) is 29.8 Å². The zero-order valence-corrected chi connectivity index (χ0v) is 13.8. The fourth-order valence-electron chi connectivity index (χ4n) is 2.71. The molecule has 1 aromatic carbocycles. The minimum atomic E-state index is 0.423. The number of aliphatic imine (C=N–C) groups is 1. The van der Waals surface area contributed by atoms with Crippen LogP contribution < -0.4 is 15.4 Å². The fraction of sp³-hybridized carbons (Fsp3) is 0.588. The topological polar surface area (TPSA) is 58.1 Å². The lowest BCUT2D eigenvalue weighted by Crippen LogP contribution is -2.38. The third-order valence-corrected chi connectivity index (χ3v) is 4.04. The van der Waals surface area contributed by atoms with Crippen molar-refractivity contribution in [2.24, 2.45) is 4.99 Å². The summed E-state index contributed by atoms with van der Waals surface area (Å²) in [4.78, 5) is 6.78. The Balaban J connectivity index is 1.41. The average Bonchev–Trinajstić information content (AvgIpc) is 3.00. The third-order valence-electron chi connectivity index (χ3n) is 4.04. The van der Waals surface area contributed by atoms with Crippen LogP contribution in [0.15, 0.2) is 29.3 Å². The van der Waals surface area contributed by atoms with Gasteiger partial charge in [-0.2, -0.15) is 0 Å². The van der Waals surface area contributed by atoms with Gasteiger partial charge < -0.3 is 20.1 Å². The van der Waals surface area contributed by atoms with Crippen LogP contribution in [-0.2, 0) is 11.3 Å². The van der Waals surface area contributed by atoms with Crippen molar-refractivity contribution in [3.8, 4) is 5.75 Å². The van der Waals surface area contributed by atoms with Crippen LogP contribution in [0.5, 0.6) is 5.75 Å². The van der Waals surface area contributed by atoms with Gasteiger partial charge in [0.1, 0.15) is 12.4 Å². The molecule has 1 atom stereocenters. The highest BCUT2D eigenvalue weighted by molar-refractivity contribution is 5.81. The number of hydrogen-bond donors (Lipinski definition) is 2. The Bertz CT molecular complexity index is 529. The second kappa shape index (κ2) is 8.17. The molecule has 6 nitrogen and oxygen atoms in total. The van der Waals surface area contributed by atoms with Crippen LogP contribution in [0.25, 0.3) is 0 Å². The molecule has 1 aromatic rings. The first-order chi connectivity index (χ1) is 11.3. The Labute approximate surface area is 137 Å². The van der Waals surface area contributed by atoms with Crippen LogP contribution in [0.3, 0.4) is 0 Å². The summed E-state index contributed by atoms with van der Waals surface area (Å²) < 4.78 is 11.2. The standard InChI is InChI=1S/C17H26N4O2/c1-14-12-18-17(20-14)19-13-15-3-2-4-16(11-15)23-10-7-21-5-8-22-9-6-21/h2-4,11,14H,5-10,12-13H2,1H3,(H2,18,19,20). The molecule has 0 saturated carbocycles. The second-order valence-electron chi connectivity index (χ2n) is 6.04. The first-order valence-electron chi connectivity index (χ1n) is 8.36. The van der Waals surface area contributed by atoms with Gasteiger partial charge >= 0.3 is 0 Å². The van der Waals surface area contributed by atoms with Gasteiger partial charge in [0.15, 0.2) is 5.96 Å². The Kier molecular flexibility index (Phi) is 5.71. The fourth-order valence-corrected chi connectivity index (χ4v) is 2.71. The maximum atomic E-state index is 5.88. The number of guanidine groups is 1. The molecule has 6 heteroatoms. The van der Waals surface area contributed by atoms with Crippen LogP contribution in [0.1, 0.15) is 12.5 Å². The van der Waals surface area contributed by atoms with E-state index in [1.165, 1.54) is 5.56 Å². The summed E-state index contributed by atoms with van der Waals surface area (Å²) in [6.45, 7) is 9.04. The molecule has 1 unspecified atom stereocenters. The van der Waals surface area contributed by atoms with Crippen molar-refractivity contribution in [3.63, 3.8) is 0 Å². The van der Waals surface area contributed by atoms with Crippen LogP contribution >= 0.6 is 0 Å². The summed E-state index contributed by atoms with van der Waals surface area (Å²) in [5, 5.41) is 6.63. The molecule has 0 amide bonds. The van der Waals surface area contributed by atoms with Crippen molar-refractivity contribution in [1.82, 2.24) is 15.5 Å². The lowest BCUT2D eigenvalue weighted by Gasteiger charge is -2.26. The van der Waals surface area contributed by atoms with Gasteiger partial charge in [0, 0.05) is 32.2 Å². The molecule has 2 aliphatic heterocycles. The van der Waals surface area contributed by atoms with E-state index in [0.29, 0.717) is 12.6 Å². The van der Waals surface area contributed by atoms with Gasteiger partial charge in [-0.25, -0.2) is 0 Å². The van der Waals surface area contributed by atoms with Gasteiger partial charge in [-0.1, -0.05) is 12.1 Å². The van der Waals surface area contributed by atoms with Crippen LogP contribution in [0.4, 0.5) is 0 Å². The van der Waals surface area contributed by atoms with Gasteiger partial charge in [-0.3, -0.25) is 9.89 Å². The molecular formula is C17H26N4O2. The summed E-state index contributed by atoms with van der Waals surface area (Å²) in [7, 11) is 0. The molecule has 0 spiro atoms. The van der Waals surface area contributed by atoms with Crippen LogP contribution in [-0.4, -0.2) is 62.9 Å². The van der Waals surface area contributed by atoms with E-state index in [1.54, 1.807) is 0 Å². The normalized spacial score (nSPS) is 21.6. The van der Waals surface area contributed by atoms with Crippen molar-refractivity contribution in [2.75, 3.05) is 46.0 Å². The number of nitrogens with zero attached hydrogens (tertiary/aromatic N) is 2. The molecular weight excluding hydrogens is 292 g/mol. The van der Waals surface area contributed by atoms with E-state index in [0.717, 1.165) is 57.6 Å². The SMILES string of the molecule is CC1CN=C(NCc2cccc(OCCN3CCOCC3)c2)N1. The second-order valence-corrected chi connectivity index (χ2v) is 6.04. The van der Waals surface area contributed by atoms with Gasteiger partial charge in [0.2, 0.25) is 0 Å². The highest BCUT2D eigenvalue weighted by atomic mass is 16.5. The van der Waals surface area contributed by atoms with E-state index in [-0.39, 0.29) is 0 Å². The Hall–Kier alpha value is -1.79.